The van der Waals surface area contributed by atoms with Crippen molar-refractivity contribution in [3.05, 3.63) is 113 Å². The smallest absolute Gasteiger partial charge is 0.355 e. The van der Waals surface area contributed by atoms with E-state index in [4.69, 9.17) is 15.2 Å². The van der Waals surface area contributed by atoms with Gasteiger partial charge in [0.1, 0.15) is 17.8 Å². The Morgan fingerprint density at radius 2 is 1.53 bits per heavy atom. The maximum Gasteiger partial charge on any atom is 0.355 e. The first kappa shape index (κ1) is 24.3. The molecule has 1 unspecified atom stereocenters. The Morgan fingerprint density at radius 3 is 2.21 bits per heavy atom. The zero-order valence-electron chi connectivity index (χ0n) is 20.7. The van der Waals surface area contributed by atoms with Crippen LogP contribution in [0.4, 0.5) is 5.69 Å². The van der Waals surface area contributed by atoms with Crippen molar-refractivity contribution in [3.63, 3.8) is 0 Å². The van der Waals surface area contributed by atoms with Crippen LogP contribution < -0.4 is 10.6 Å². The number of esters is 2. The van der Waals surface area contributed by atoms with Crippen LogP contribution in [0.2, 0.25) is 0 Å². The molecular weight excluding hydrogens is 482 g/mol. The Hall–Kier alpha value is -5.36. The third-order valence-corrected chi connectivity index (χ3v) is 6.45. The fraction of sp³-hybridized carbons (Fsp3) is 0.103. The number of imidazole rings is 1. The van der Waals surface area contributed by atoms with E-state index < -0.39 is 17.9 Å². The Balaban J connectivity index is 1.85. The van der Waals surface area contributed by atoms with Crippen molar-refractivity contribution in [2.45, 2.75) is 5.92 Å². The molecular formula is C29H23N5O4. The maximum absolute atomic E-state index is 13.4. The molecule has 1 aliphatic heterocycles. The zero-order chi connectivity index (χ0) is 26.8. The van der Waals surface area contributed by atoms with Gasteiger partial charge in [-0.05, 0) is 29.8 Å². The van der Waals surface area contributed by atoms with E-state index in [0.29, 0.717) is 16.9 Å². The van der Waals surface area contributed by atoms with Gasteiger partial charge in [0.25, 0.3) is 0 Å². The number of ether oxygens (including phenoxy) is 2. The van der Waals surface area contributed by atoms with Crippen LogP contribution in [0, 0.1) is 11.3 Å². The highest BCUT2D eigenvalue weighted by Crippen LogP contribution is 2.44. The summed E-state index contributed by atoms with van der Waals surface area (Å²) >= 11 is 0. The summed E-state index contributed by atoms with van der Waals surface area (Å²) in [7, 11) is 2.44. The number of anilines is 1. The molecule has 0 radical (unpaired) electrons. The molecule has 1 aliphatic rings. The summed E-state index contributed by atoms with van der Waals surface area (Å²) in [5.74, 6) is -2.54. The highest BCUT2D eigenvalue weighted by molar-refractivity contribution is 6.07. The fourth-order valence-electron chi connectivity index (χ4n) is 4.77. The lowest BCUT2D eigenvalue weighted by Crippen LogP contribution is -2.41. The number of methoxy groups -OCH3 is 2. The van der Waals surface area contributed by atoms with E-state index in [2.05, 4.69) is 11.1 Å². The molecule has 0 saturated heterocycles. The third kappa shape index (κ3) is 3.85. The van der Waals surface area contributed by atoms with Gasteiger partial charge in [-0.25, -0.2) is 14.6 Å². The van der Waals surface area contributed by atoms with E-state index in [1.54, 1.807) is 42.7 Å². The zero-order valence-corrected chi connectivity index (χ0v) is 20.7. The quantitative estimate of drug-likeness (QED) is 0.405. The highest BCUT2D eigenvalue weighted by Gasteiger charge is 2.43. The normalized spacial score (nSPS) is 15.4. The van der Waals surface area contributed by atoms with Gasteiger partial charge in [-0.2, -0.15) is 5.26 Å². The largest absolute Gasteiger partial charge is 0.466 e. The van der Waals surface area contributed by atoms with Crippen LogP contribution in [-0.2, 0) is 19.1 Å². The van der Waals surface area contributed by atoms with Gasteiger partial charge in [0.05, 0.1) is 59.8 Å². The first-order chi connectivity index (χ1) is 18.5. The minimum absolute atomic E-state index is 0.00808. The lowest BCUT2D eigenvalue weighted by molar-refractivity contribution is -0.139. The SMILES string of the molecule is COC(=O)C1=C(C(=O)OC)N(c2ccccc2-n2cnc3ccccc32)C(N)=C(C#N)C1c1ccccc1. The average molecular weight is 506 g/mol. The number of benzene rings is 3. The van der Waals surface area contributed by atoms with E-state index in [1.807, 2.05) is 47.0 Å². The maximum atomic E-state index is 13.4. The summed E-state index contributed by atoms with van der Waals surface area (Å²) in [5.41, 5.74) is 9.82. The lowest BCUT2D eigenvalue weighted by atomic mass is 9.81. The number of nitrogens with zero attached hydrogens (tertiary/aromatic N) is 4. The molecule has 2 heterocycles. The number of hydrogen-bond donors (Lipinski definition) is 1. The predicted molar refractivity (Wildman–Crippen MR) is 141 cm³/mol. The second-order valence-electron chi connectivity index (χ2n) is 8.43. The minimum Gasteiger partial charge on any atom is -0.466 e. The topological polar surface area (TPSA) is 123 Å². The van der Waals surface area contributed by atoms with Crippen LogP contribution in [-0.4, -0.2) is 35.7 Å². The molecule has 0 saturated carbocycles. The number of rotatable bonds is 5. The molecule has 0 bridgehead atoms. The molecule has 9 nitrogen and oxygen atoms in total. The molecule has 0 amide bonds. The lowest BCUT2D eigenvalue weighted by Gasteiger charge is -2.36. The Kier molecular flexibility index (Phi) is 6.37. The number of nitriles is 1. The summed E-state index contributed by atoms with van der Waals surface area (Å²) in [6.07, 6.45) is 1.66. The molecule has 188 valence electrons. The van der Waals surface area contributed by atoms with Gasteiger partial charge >= 0.3 is 11.9 Å². The van der Waals surface area contributed by atoms with Gasteiger partial charge in [0.15, 0.2) is 0 Å². The molecule has 4 aromatic rings. The van der Waals surface area contributed by atoms with Crippen molar-refractivity contribution in [1.29, 1.82) is 5.26 Å². The molecule has 38 heavy (non-hydrogen) atoms. The highest BCUT2D eigenvalue weighted by atomic mass is 16.5. The Bertz CT molecular complexity index is 1660. The van der Waals surface area contributed by atoms with Crippen molar-refractivity contribution in [3.8, 4) is 11.8 Å². The van der Waals surface area contributed by atoms with Crippen LogP contribution in [0.25, 0.3) is 16.7 Å². The molecule has 2 N–H and O–H groups in total. The summed E-state index contributed by atoms with van der Waals surface area (Å²) in [4.78, 5) is 32.6. The molecule has 9 heteroatoms. The van der Waals surface area contributed by atoms with E-state index in [-0.39, 0.29) is 22.7 Å². The van der Waals surface area contributed by atoms with Gasteiger partial charge in [-0.3, -0.25) is 9.47 Å². The molecule has 5 rings (SSSR count). The van der Waals surface area contributed by atoms with Crippen LogP contribution in [0.15, 0.2) is 108 Å². The van der Waals surface area contributed by atoms with Gasteiger partial charge in [0.2, 0.25) is 0 Å². The van der Waals surface area contributed by atoms with Gasteiger partial charge in [0, 0.05) is 0 Å². The number of carbonyl (C=O) groups is 2. The van der Waals surface area contributed by atoms with Gasteiger partial charge in [-0.1, -0.05) is 54.6 Å². The molecule has 3 aromatic carbocycles. The van der Waals surface area contributed by atoms with E-state index in [0.717, 1.165) is 11.0 Å². The fourth-order valence-corrected chi connectivity index (χ4v) is 4.77. The molecule has 1 aromatic heterocycles. The van der Waals surface area contributed by atoms with E-state index in [1.165, 1.54) is 19.1 Å². The third-order valence-electron chi connectivity index (χ3n) is 6.45. The number of nitrogens with two attached hydrogens (primary N) is 1. The summed E-state index contributed by atoms with van der Waals surface area (Å²) in [6.45, 7) is 0. The summed E-state index contributed by atoms with van der Waals surface area (Å²) in [5, 5.41) is 10.3. The first-order valence-corrected chi connectivity index (χ1v) is 11.7. The van der Waals surface area contributed by atoms with Crippen molar-refractivity contribution in [1.82, 2.24) is 9.55 Å². The van der Waals surface area contributed by atoms with Crippen LogP contribution in [0.5, 0.6) is 0 Å². The molecule has 1 atom stereocenters. The van der Waals surface area contributed by atoms with E-state index >= 15 is 0 Å². The summed E-state index contributed by atoms with van der Waals surface area (Å²) < 4.78 is 12.1. The van der Waals surface area contributed by atoms with E-state index in [9.17, 15) is 14.9 Å². The van der Waals surface area contributed by atoms with Gasteiger partial charge < -0.3 is 15.2 Å². The van der Waals surface area contributed by atoms with Gasteiger partial charge in [-0.15, -0.1) is 0 Å². The van der Waals surface area contributed by atoms with Crippen LogP contribution in [0.1, 0.15) is 11.5 Å². The number of aromatic nitrogens is 2. The molecule has 0 fully saturated rings. The number of para-hydroxylation sites is 4. The second kappa shape index (κ2) is 9.95. The second-order valence-corrected chi connectivity index (χ2v) is 8.43. The Labute approximate surface area is 218 Å². The first-order valence-electron chi connectivity index (χ1n) is 11.7. The van der Waals surface area contributed by atoms with Crippen molar-refractivity contribution in [2.24, 2.45) is 5.73 Å². The summed E-state index contributed by atoms with van der Waals surface area (Å²) in [6, 6.07) is 25.8. The standard InChI is InChI=1S/C29H23N5O4/c1-37-28(35)25-24(18-10-4-3-5-11-18)19(16-30)27(31)34(26(25)29(36)38-2)23-15-9-8-14-22(23)33-17-32-20-12-6-7-13-21(20)33/h3-15,17,24H,31H2,1-2H3. The van der Waals surface area contributed by atoms with Crippen LogP contribution in [0.3, 0.4) is 0 Å². The van der Waals surface area contributed by atoms with Crippen molar-refractivity contribution < 1.29 is 19.1 Å². The van der Waals surface area contributed by atoms with Crippen molar-refractivity contribution >= 4 is 28.7 Å². The monoisotopic (exact) mass is 505 g/mol. The Morgan fingerprint density at radius 1 is 0.895 bits per heavy atom. The molecule has 0 aliphatic carbocycles. The van der Waals surface area contributed by atoms with Crippen LogP contribution >= 0.6 is 0 Å². The molecule has 0 spiro atoms. The average Bonchev–Trinajstić information content (AvgIpc) is 3.40. The number of fused-ring (bicyclic) bond motifs is 1. The number of allylic oxidation sites excluding steroid dienone is 1. The predicted octanol–water partition coefficient (Wildman–Crippen LogP) is 3.92. The minimum atomic E-state index is -0.944. The number of carbonyl (C=O) groups excluding carboxylic acids is 2. The van der Waals surface area contributed by atoms with Crippen molar-refractivity contribution in [2.75, 3.05) is 19.1 Å². The number of hydrogen-bond acceptors (Lipinski definition) is 8.